The third-order valence-electron chi connectivity index (χ3n) is 3.32. The van der Waals surface area contributed by atoms with E-state index in [0.29, 0.717) is 17.5 Å². The van der Waals surface area contributed by atoms with Crippen molar-refractivity contribution in [3.05, 3.63) is 29.3 Å². The second-order valence-electron chi connectivity index (χ2n) is 4.72. The van der Waals surface area contributed by atoms with Crippen molar-refractivity contribution in [3.8, 4) is 0 Å². The molecule has 2 amide bonds. The maximum absolute atomic E-state index is 12.5. The third kappa shape index (κ3) is 4.42. The van der Waals surface area contributed by atoms with Crippen molar-refractivity contribution in [1.29, 1.82) is 0 Å². The van der Waals surface area contributed by atoms with E-state index in [-0.39, 0.29) is 29.9 Å². The monoisotopic (exact) mass is 322 g/mol. The van der Waals surface area contributed by atoms with Crippen molar-refractivity contribution in [2.24, 2.45) is 0 Å². The van der Waals surface area contributed by atoms with Gasteiger partial charge >= 0.3 is 0 Å². The molecule has 0 aromatic heterocycles. The molecule has 1 aromatic carbocycles. The van der Waals surface area contributed by atoms with Gasteiger partial charge in [0.05, 0.1) is 11.6 Å². The van der Waals surface area contributed by atoms with Gasteiger partial charge in [-0.25, -0.2) is 0 Å². The molecule has 0 aliphatic rings. The van der Waals surface area contributed by atoms with Gasteiger partial charge in [-0.15, -0.1) is 12.6 Å². The highest BCUT2D eigenvalue weighted by molar-refractivity contribution is 7.80. The van der Waals surface area contributed by atoms with E-state index in [2.05, 4.69) is 17.9 Å². The van der Waals surface area contributed by atoms with Gasteiger partial charge in [0, 0.05) is 31.0 Å². The number of nitrogens with zero attached hydrogens (tertiary/aromatic N) is 1. The van der Waals surface area contributed by atoms with E-state index >= 15 is 0 Å². The maximum atomic E-state index is 12.5. The Kier molecular flexibility index (Phi) is 6.78. The Morgan fingerprint density at radius 2 is 2.05 bits per heavy atom. The summed E-state index contributed by atoms with van der Waals surface area (Å²) in [6.07, 6.45) is 1.54. The molecule has 0 heterocycles. The van der Waals surface area contributed by atoms with Crippen molar-refractivity contribution in [2.45, 2.75) is 23.8 Å². The minimum atomic E-state index is -0.743. The Balaban J connectivity index is 2.95. The number of likely N-dealkylation sites (N-methyl/N-ethyl adjacent to an activating group) is 1. The standard InChI is InChI=1S/C15H18N2O4S/c1-16-14(20)6-4-11(9-19)17(2)15(21)13-7-12(22)5-3-10(13)8-18/h3,5,7-9,11,22H,4,6H2,1-2H3,(H,16,20). The van der Waals surface area contributed by atoms with Crippen LogP contribution in [0.4, 0.5) is 0 Å². The van der Waals surface area contributed by atoms with E-state index in [0.717, 1.165) is 0 Å². The lowest BCUT2D eigenvalue weighted by Crippen LogP contribution is -2.39. The molecule has 0 radical (unpaired) electrons. The smallest absolute Gasteiger partial charge is 0.254 e. The first-order valence-electron chi connectivity index (χ1n) is 6.65. The predicted molar refractivity (Wildman–Crippen MR) is 84.3 cm³/mol. The molecule has 1 atom stereocenters. The van der Waals surface area contributed by atoms with Crippen molar-refractivity contribution in [1.82, 2.24) is 10.2 Å². The molecular weight excluding hydrogens is 304 g/mol. The molecule has 0 saturated heterocycles. The van der Waals surface area contributed by atoms with Crippen LogP contribution >= 0.6 is 12.6 Å². The molecule has 1 aromatic rings. The molecule has 118 valence electrons. The summed E-state index contributed by atoms with van der Waals surface area (Å²) >= 11 is 4.15. The van der Waals surface area contributed by atoms with E-state index in [1.54, 1.807) is 6.07 Å². The molecule has 0 aliphatic heterocycles. The number of hydrogen-bond donors (Lipinski definition) is 2. The lowest BCUT2D eigenvalue weighted by atomic mass is 10.1. The molecule has 7 heteroatoms. The second-order valence-corrected chi connectivity index (χ2v) is 5.24. The average molecular weight is 322 g/mol. The van der Waals surface area contributed by atoms with Gasteiger partial charge in [-0.1, -0.05) is 0 Å². The third-order valence-corrected chi connectivity index (χ3v) is 3.59. The molecule has 0 saturated carbocycles. The highest BCUT2D eigenvalue weighted by atomic mass is 32.1. The van der Waals surface area contributed by atoms with E-state index < -0.39 is 11.9 Å². The molecule has 0 spiro atoms. The molecule has 1 N–H and O–H groups in total. The van der Waals surface area contributed by atoms with Gasteiger partial charge in [0.15, 0.2) is 6.29 Å². The van der Waals surface area contributed by atoms with E-state index in [1.165, 1.54) is 31.1 Å². The zero-order valence-corrected chi connectivity index (χ0v) is 13.3. The lowest BCUT2D eigenvalue weighted by molar-refractivity contribution is -0.121. The van der Waals surface area contributed by atoms with Crippen LogP contribution in [0.2, 0.25) is 0 Å². The number of thiol groups is 1. The minimum absolute atomic E-state index is 0.130. The van der Waals surface area contributed by atoms with Crippen LogP contribution in [0.3, 0.4) is 0 Å². The van der Waals surface area contributed by atoms with Gasteiger partial charge in [-0.05, 0) is 24.6 Å². The highest BCUT2D eigenvalue weighted by Crippen LogP contribution is 2.17. The van der Waals surface area contributed by atoms with E-state index in [1.807, 2.05) is 0 Å². The van der Waals surface area contributed by atoms with Crippen LogP contribution in [0.15, 0.2) is 23.1 Å². The average Bonchev–Trinajstić information content (AvgIpc) is 2.53. The summed E-state index contributed by atoms with van der Waals surface area (Å²) in [7, 11) is 2.96. The summed E-state index contributed by atoms with van der Waals surface area (Å²) in [5.74, 6) is -0.675. The fourth-order valence-electron chi connectivity index (χ4n) is 1.93. The first kappa shape index (κ1) is 17.9. The Hall–Kier alpha value is -2.15. The lowest BCUT2D eigenvalue weighted by Gasteiger charge is -2.24. The van der Waals surface area contributed by atoms with Gasteiger partial charge in [0.2, 0.25) is 5.91 Å². The zero-order valence-electron chi connectivity index (χ0n) is 12.4. The zero-order chi connectivity index (χ0) is 16.7. The Morgan fingerprint density at radius 1 is 1.36 bits per heavy atom. The van der Waals surface area contributed by atoms with Crippen LogP contribution in [-0.4, -0.2) is 49.4 Å². The molecule has 0 bridgehead atoms. The Labute approximate surface area is 134 Å². The van der Waals surface area contributed by atoms with Crippen LogP contribution in [0.5, 0.6) is 0 Å². The van der Waals surface area contributed by atoms with Gasteiger partial charge < -0.3 is 15.0 Å². The summed E-state index contributed by atoms with van der Waals surface area (Å²) in [6.45, 7) is 0. The number of hydrogen-bond acceptors (Lipinski definition) is 5. The fraction of sp³-hybridized carbons (Fsp3) is 0.333. The van der Waals surface area contributed by atoms with Gasteiger partial charge in [0.25, 0.3) is 5.91 Å². The van der Waals surface area contributed by atoms with Crippen LogP contribution < -0.4 is 5.32 Å². The summed E-state index contributed by atoms with van der Waals surface area (Å²) in [5, 5.41) is 2.46. The van der Waals surface area contributed by atoms with Crippen molar-refractivity contribution in [3.63, 3.8) is 0 Å². The van der Waals surface area contributed by atoms with Gasteiger partial charge in [-0.2, -0.15) is 0 Å². The molecule has 0 aliphatic carbocycles. The summed E-state index contributed by atoms with van der Waals surface area (Å²) in [4.78, 5) is 47.7. The van der Waals surface area contributed by atoms with Crippen LogP contribution in [0.25, 0.3) is 0 Å². The number of benzene rings is 1. The molecule has 22 heavy (non-hydrogen) atoms. The fourth-order valence-corrected chi connectivity index (χ4v) is 2.13. The van der Waals surface area contributed by atoms with Crippen LogP contribution in [0.1, 0.15) is 33.6 Å². The molecule has 6 nitrogen and oxygen atoms in total. The largest absolute Gasteiger partial charge is 0.359 e. The number of rotatable bonds is 7. The van der Waals surface area contributed by atoms with E-state index in [9.17, 15) is 19.2 Å². The molecular formula is C15H18N2O4S. The van der Waals surface area contributed by atoms with Crippen LogP contribution in [0, 0.1) is 0 Å². The molecule has 0 fully saturated rings. The maximum Gasteiger partial charge on any atom is 0.254 e. The molecule has 1 unspecified atom stereocenters. The second kappa shape index (κ2) is 8.33. The number of nitrogens with one attached hydrogen (secondary N) is 1. The van der Waals surface area contributed by atoms with Crippen molar-refractivity contribution < 1.29 is 19.2 Å². The predicted octanol–water partition coefficient (Wildman–Crippen LogP) is 0.953. The van der Waals surface area contributed by atoms with Gasteiger partial charge in [0.1, 0.15) is 6.29 Å². The normalized spacial score (nSPS) is 11.4. The number of amides is 2. The number of carbonyl (C=O) groups excluding carboxylic acids is 4. The summed E-state index contributed by atoms with van der Waals surface area (Å²) < 4.78 is 0. The SMILES string of the molecule is CNC(=O)CCC(C=O)N(C)C(=O)c1cc(S)ccc1C=O. The number of aldehydes is 2. The Bertz CT molecular complexity index is 589. The summed E-state index contributed by atoms with van der Waals surface area (Å²) in [5.41, 5.74) is 0.405. The first-order chi connectivity index (χ1) is 10.4. The van der Waals surface area contributed by atoms with Crippen molar-refractivity contribution in [2.75, 3.05) is 14.1 Å². The van der Waals surface area contributed by atoms with Crippen molar-refractivity contribution >= 4 is 37.0 Å². The van der Waals surface area contributed by atoms with Gasteiger partial charge in [-0.3, -0.25) is 14.4 Å². The van der Waals surface area contributed by atoms with Crippen LogP contribution in [-0.2, 0) is 9.59 Å². The first-order valence-corrected chi connectivity index (χ1v) is 7.10. The quantitative estimate of drug-likeness (QED) is 0.578. The highest BCUT2D eigenvalue weighted by Gasteiger charge is 2.23. The minimum Gasteiger partial charge on any atom is -0.359 e. The Morgan fingerprint density at radius 3 is 2.59 bits per heavy atom. The van der Waals surface area contributed by atoms with E-state index in [4.69, 9.17) is 0 Å². The molecule has 1 rings (SSSR count). The number of carbonyl (C=O) groups is 4. The summed E-state index contributed by atoms with van der Waals surface area (Å²) in [6, 6.07) is 3.84. The topological polar surface area (TPSA) is 83.6 Å².